The highest BCUT2D eigenvalue weighted by atomic mass is 32.1. The summed E-state index contributed by atoms with van der Waals surface area (Å²) in [4.78, 5) is 22.2. The van der Waals surface area contributed by atoms with E-state index in [4.69, 9.17) is 0 Å². The highest BCUT2D eigenvalue weighted by Gasteiger charge is 2.10. The maximum Gasteiger partial charge on any atom is 0.269 e. The number of nitrogens with one attached hydrogen (secondary N) is 1. The lowest BCUT2D eigenvalue weighted by Crippen LogP contribution is -2.11. The van der Waals surface area contributed by atoms with E-state index in [1.165, 1.54) is 24.3 Å². The number of carbonyl (C=O) groups is 1. The fourth-order valence-electron chi connectivity index (χ4n) is 1.79. The van der Waals surface area contributed by atoms with E-state index in [1.54, 1.807) is 18.2 Å². The van der Waals surface area contributed by atoms with E-state index in [2.05, 4.69) is 14.1 Å². The summed E-state index contributed by atoms with van der Waals surface area (Å²) in [6, 6.07) is 10.7. The molecule has 0 saturated carbocycles. The Labute approximate surface area is 122 Å². The minimum atomic E-state index is -0.491. The number of rotatable bonds is 3. The lowest BCUT2D eigenvalue weighted by atomic mass is 10.2. The largest absolute Gasteiger partial charge is 0.322 e. The molecule has 0 fully saturated rings. The molecule has 1 heterocycles. The number of nitrogens with zero attached hydrogens (tertiary/aromatic N) is 3. The van der Waals surface area contributed by atoms with Crippen molar-refractivity contribution in [3.63, 3.8) is 0 Å². The first-order valence-electron chi connectivity index (χ1n) is 5.91. The van der Waals surface area contributed by atoms with Crippen LogP contribution >= 0.6 is 11.7 Å². The van der Waals surface area contributed by atoms with Crippen LogP contribution in [0.1, 0.15) is 10.4 Å². The van der Waals surface area contributed by atoms with Crippen molar-refractivity contribution in [2.24, 2.45) is 0 Å². The SMILES string of the molecule is O=C(Nc1ccc([N+](=O)[O-])cc1)c1ccc2nsnc2c1. The van der Waals surface area contributed by atoms with E-state index < -0.39 is 4.92 Å². The average molecular weight is 300 g/mol. The van der Waals surface area contributed by atoms with E-state index >= 15 is 0 Å². The average Bonchev–Trinajstić information content (AvgIpc) is 2.95. The second-order valence-corrected chi connectivity index (χ2v) is 4.75. The second-order valence-electron chi connectivity index (χ2n) is 4.23. The molecule has 1 aromatic heterocycles. The molecular formula is C13H8N4O3S. The van der Waals surface area contributed by atoms with Crippen LogP contribution in [0.15, 0.2) is 42.5 Å². The molecule has 0 aliphatic heterocycles. The number of fused-ring (bicyclic) bond motifs is 1. The number of nitro benzene ring substituents is 1. The lowest BCUT2D eigenvalue weighted by Gasteiger charge is -2.04. The van der Waals surface area contributed by atoms with Crippen LogP contribution in [0.2, 0.25) is 0 Å². The monoisotopic (exact) mass is 300 g/mol. The first-order chi connectivity index (χ1) is 10.1. The van der Waals surface area contributed by atoms with E-state index in [1.807, 2.05) is 0 Å². The summed E-state index contributed by atoms with van der Waals surface area (Å²) in [7, 11) is 0. The molecule has 0 radical (unpaired) electrons. The van der Waals surface area contributed by atoms with Crippen LogP contribution in [0.25, 0.3) is 11.0 Å². The van der Waals surface area contributed by atoms with Gasteiger partial charge in [-0.25, -0.2) is 0 Å². The zero-order valence-corrected chi connectivity index (χ0v) is 11.3. The number of benzene rings is 2. The predicted octanol–water partition coefficient (Wildman–Crippen LogP) is 2.85. The zero-order chi connectivity index (χ0) is 14.8. The van der Waals surface area contributed by atoms with Gasteiger partial charge in [0.05, 0.1) is 16.7 Å². The number of carbonyl (C=O) groups excluding carboxylic acids is 1. The second kappa shape index (κ2) is 5.25. The molecule has 3 aromatic rings. The Balaban J connectivity index is 1.80. The highest BCUT2D eigenvalue weighted by Crippen LogP contribution is 2.18. The molecule has 1 amide bonds. The highest BCUT2D eigenvalue weighted by molar-refractivity contribution is 7.00. The number of hydrogen-bond acceptors (Lipinski definition) is 6. The summed E-state index contributed by atoms with van der Waals surface area (Å²) in [6.07, 6.45) is 0. The number of non-ortho nitro benzene ring substituents is 1. The van der Waals surface area contributed by atoms with E-state index in [-0.39, 0.29) is 11.6 Å². The van der Waals surface area contributed by atoms with Crippen LogP contribution in [0.4, 0.5) is 11.4 Å². The summed E-state index contributed by atoms with van der Waals surface area (Å²) < 4.78 is 8.14. The van der Waals surface area contributed by atoms with Crippen molar-refractivity contribution in [1.29, 1.82) is 0 Å². The minimum Gasteiger partial charge on any atom is -0.322 e. The van der Waals surface area contributed by atoms with Gasteiger partial charge in [0.2, 0.25) is 0 Å². The molecule has 8 heteroatoms. The molecular weight excluding hydrogens is 292 g/mol. The number of nitro groups is 1. The summed E-state index contributed by atoms with van der Waals surface area (Å²) in [5.74, 6) is -0.307. The van der Waals surface area contributed by atoms with Crippen molar-refractivity contribution >= 4 is 40.0 Å². The van der Waals surface area contributed by atoms with Gasteiger partial charge in [-0.05, 0) is 30.3 Å². The molecule has 2 aromatic carbocycles. The van der Waals surface area contributed by atoms with Crippen molar-refractivity contribution in [3.05, 3.63) is 58.1 Å². The Morgan fingerprint density at radius 3 is 2.52 bits per heavy atom. The van der Waals surface area contributed by atoms with Crippen LogP contribution in [0, 0.1) is 10.1 Å². The molecule has 1 N–H and O–H groups in total. The van der Waals surface area contributed by atoms with Gasteiger partial charge in [0, 0.05) is 23.4 Å². The first kappa shape index (κ1) is 13.1. The summed E-state index contributed by atoms with van der Waals surface area (Å²) >= 11 is 1.09. The maximum atomic E-state index is 12.1. The van der Waals surface area contributed by atoms with Crippen molar-refractivity contribution in [3.8, 4) is 0 Å². The molecule has 0 aliphatic carbocycles. The Hall–Kier alpha value is -2.87. The number of hydrogen-bond donors (Lipinski definition) is 1. The van der Waals surface area contributed by atoms with Gasteiger partial charge in [-0.1, -0.05) is 0 Å². The summed E-state index contributed by atoms with van der Waals surface area (Å²) in [6.45, 7) is 0. The molecule has 104 valence electrons. The van der Waals surface area contributed by atoms with Gasteiger partial charge in [0.25, 0.3) is 11.6 Å². The molecule has 0 unspecified atom stereocenters. The normalized spacial score (nSPS) is 10.5. The van der Waals surface area contributed by atoms with Crippen molar-refractivity contribution in [1.82, 2.24) is 8.75 Å². The van der Waals surface area contributed by atoms with Crippen LogP contribution in [0.5, 0.6) is 0 Å². The Kier molecular flexibility index (Phi) is 3.28. The number of aromatic nitrogens is 2. The third-order valence-electron chi connectivity index (χ3n) is 2.85. The molecule has 0 bridgehead atoms. The fraction of sp³-hybridized carbons (Fsp3) is 0. The number of anilines is 1. The summed E-state index contributed by atoms with van der Waals surface area (Å²) in [5.41, 5.74) is 2.32. The van der Waals surface area contributed by atoms with E-state index in [0.717, 1.165) is 17.2 Å². The molecule has 0 spiro atoms. The van der Waals surface area contributed by atoms with Crippen LogP contribution in [0.3, 0.4) is 0 Å². The predicted molar refractivity (Wildman–Crippen MR) is 78.5 cm³/mol. The molecule has 0 aliphatic rings. The smallest absolute Gasteiger partial charge is 0.269 e. The Morgan fingerprint density at radius 1 is 1.10 bits per heavy atom. The Morgan fingerprint density at radius 2 is 1.81 bits per heavy atom. The van der Waals surface area contributed by atoms with Crippen molar-refractivity contribution in [2.45, 2.75) is 0 Å². The van der Waals surface area contributed by atoms with Gasteiger partial charge in [-0.3, -0.25) is 14.9 Å². The van der Waals surface area contributed by atoms with Crippen LogP contribution in [-0.2, 0) is 0 Å². The third kappa shape index (κ3) is 2.70. The van der Waals surface area contributed by atoms with Gasteiger partial charge in [0.1, 0.15) is 11.0 Å². The van der Waals surface area contributed by atoms with Crippen LogP contribution < -0.4 is 5.32 Å². The zero-order valence-electron chi connectivity index (χ0n) is 10.5. The fourth-order valence-corrected chi connectivity index (χ4v) is 2.31. The van der Waals surface area contributed by atoms with E-state index in [9.17, 15) is 14.9 Å². The number of amides is 1. The van der Waals surface area contributed by atoms with Gasteiger partial charge in [-0.2, -0.15) is 8.75 Å². The van der Waals surface area contributed by atoms with Crippen molar-refractivity contribution in [2.75, 3.05) is 5.32 Å². The van der Waals surface area contributed by atoms with Gasteiger partial charge in [-0.15, -0.1) is 0 Å². The minimum absolute atomic E-state index is 0.0250. The Bertz CT molecular complexity index is 829. The third-order valence-corrected chi connectivity index (χ3v) is 3.41. The van der Waals surface area contributed by atoms with E-state index in [0.29, 0.717) is 16.8 Å². The lowest BCUT2D eigenvalue weighted by molar-refractivity contribution is -0.384. The summed E-state index contributed by atoms with van der Waals surface area (Å²) in [5, 5.41) is 13.2. The van der Waals surface area contributed by atoms with Gasteiger partial charge in [0.15, 0.2) is 0 Å². The van der Waals surface area contributed by atoms with Crippen molar-refractivity contribution < 1.29 is 9.72 Å². The molecule has 0 atom stereocenters. The quantitative estimate of drug-likeness (QED) is 0.592. The molecule has 21 heavy (non-hydrogen) atoms. The standard InChI is InChI=1S/C13H8N4O3S/c18-13(8-1-6-11-12(7-8)16-21-15-11)14-9-2-4-10(5-3-9)17(19)20/h1-7H,(H,14,18). The molecule has 7 nitrogen and oxygen atoms in total. The van der Waals surface area contributed by atoms with Gasteiger partial charge >= 0.3 is 0 Å². The first-order valence-corrected chi connectivity index (χ1v) is 6.64. The van der Waals surface area contributed by atoms with Crippen LogP contribution in [-0.4, -0.2) is 19.6 Å². The maximum absolute atomic E-state index is 12.1. The molecule has 0 saturated heterocycles. The molecule has 3 rings (SSSR count). The topological polar surface area (TPSA) is 98.0 Å². The van der Waals surface area contributed by atoms with Gasteiger partial charge < -0.3 is 5.32 Å².